The summed E-state index contributed by atoms with van der Waals surface area (Å²) in [6, 6.07) is 0. The molecule has 62 valence electrons. The Hall–Kier alpha value is -0.830. The Morgan fingerprint density at radius 2 is 2.45 bits per heavy atom. The lowest BCUT2D eigenvalue weighted by Gasteiger charge is -2.03. The summed E-state index contributed by atoms with van der Waals surface area (Å²) < 4.78 is 1.99. The van der Waals surface area contributed by atoms with Gasteiger partial charge in [0, 0.05) is 18.9 Å². The lowest BCUT2D eigenvalue weighted by Crippen LogP contribution is -2.02. The van der Waals surface area contributed by atoms with Gasteiger partial charge in [-0.05, 0) is 6.42 Å². The average Bonchev–Trinajstić information content (AvgIpc) is 2.47. The molecule has 11 heavy (non-hydrogen) atoms. The number of hydrogen-bond donors (Lipinski definition) is 1. The summed E-state index contributed by atoms with van der Waals surface area (Å²) in [5.41, 5.74) is 0. The molecular weight excluding hydrogens is 140 g/mol. The Labute approximate surface area is 66.7 Å². The molecule has 0 saturated heterocycles. The van der Waals surface area contributed by atoms with Crippen LogP contribution in [0.2, 0.25) is 0 Å². The number of rotatable bonds is 4. The topological polar surface area (TPSA) is 38.0 Å². The first-order valence-electron chi connectivity index (χ1n) is 3.99. The summed E-state index contributed by atoms with van der Waals surface area (Å²) in [6.07, 6.45) is 5.94. The van der Waals surface area contributed by atoms with Crippen molar-refractivity contribution in [2.75, 3.05) is 0 Å². The molecule has 0 bridgehead atoms. The minimum Gasteiger partial charge on any atom is -0.388 e. The predicted octanol–water partition coefficient (Wildman–Crippen LogP) is 1.18. The van der Waals surface area contributed by atoms with Gasteiger partial charge in [-0.1, -0.05) is 13.3 Å². The van der Waals surface area contributed by atoms with E-state index in [0.717, 1.165) is 18.8 Å². The van der Waals surface area contributed by atoms with Gasteiger partial charge < -0.3 is 9.67 Å². The third-order valence-corrected chi connectivity index (χ3v) is 1.70. The average molecular weight is 154 g/mol. The molecule has 0 aliphatic carbocycles. The molecule has 0 atom stereocenters. The van der Waals surface area contributed by atoms with E-state index in [-0.39, 0.29) is 6.61 Å². The van der Waals surface area contributed by atoms with E-state index < -0.39 is 0 Å². The second kappa shape index (κ2) is 4.13. The van der Waals surface area contributed by atoms with Gasteiger partial charge in [0.1, 0.15) is 12.4 Å². The van der Waals surface area contributed by atoms with Gasteiger partial charge >= 0.3 is 0 Å². The molecule has 0 amide bonds. The zero-order chi connectivity index (χ0) is 8.10. The standard InChI is InChI=1S/C8H14N2O/c1-2-3-5-10-6-4-9-8(10)7-11/h4,6,11H,2-3,5,7H2,1H3. The SMILES string of the molecule is CCCCn1ccnc1CO. The molecule has 1 heterocycles. The van der Waals surface area contributed by atoms with Crippen molar-refractivity contribution >= 4 is 0 Å². The van der Waals surface area contributed by atoms with Crippen LogP contribution in [0, 0.1) is 0 Å². The van der Waals surface area contributed by atoms with Crippen molar-refractivity contribution in [2.24, 2.45) is 0 Å². The highest BCUT2D eigenvalue weighted by atomic mass is 16.3. The van der Waals surface area contributed by atoms with E-state index in [9.17, 15) is 0 Å². The fraction of sp³-hybridized carbons (Fsp3) is 0.625. The zero-order valence-electron chi connectivity index (χ0n) is 6.82. The summed E-state index contributed by atoms with van der Waals surface area (Å²) in [7, 11) is 0. The van der Waals surface area contributed by atoms with Crippen molar-refractivity contribution in [3.05, 3.63) is 18.2 Å². The Bertz CT molecular complexity index is 208. The third-order valence-electron chi connectivity index (χ3n) is 1.70. The molecular formula is C8H14N2O. The largest absolute Gasteiger partial charge is 0.388 e. The van der Waals surface area contributed by atoms with Gasteiger partial charge in [-0.3, -0.25) is 0 Å². The van der Waals surface area contributed by atoms with Crippen molar-refractivity contribution in [1.82, 2.24) is 9.55 Å². The molecule has 1 N–H and O–H groups in total. The van der Waals surface area contributed by atoms with Crippen LogP contribution >= 0.6 is 0 Å². The molecule has 1 aromatic rings. The number of hydrogen-bond acceptors (Lipinski definition) is 2. The van der Waals surface area contributed by atoms with Crippen LogP contribution in [0.25, 0.3) is 0 Å². The normalized spacial score (nSPS) is 10.4. The Kier molecular flexibility index (Phi) is 3.11. The minimum atomic E-state index is 0.0384. The number of aryl methyl sites for hydroxylation is 1. The summed E-state index contributed by atoms with van der Waals surface area (Å²) >= 11 is 0. The highest BCUT2D eigenvalue weighted by Crippen LogP contribution is 2.00. The Balaban J connectivity index is 2.54. The van der Waals surface area contributed by atoms with Crippen LogP contribution in [-0.4, -0.2) is 14.7 Å². The van der Waals surface area contributed by atoms with Crippen LogP contribution in [0.1, 0.15) is 25.6 Å². The number of aliphatic hydroxyl groups excluding tert-OH is 1. The maximum Gasteiger partial charge on any atom is 0.134 e. The summed E-state index contributed by atoms with van der Waals surface area (Å²) in [4.78, 5) is 4.00. The highest BCUT2D eigenvalue weighted by molar-refractivity contribution is 4.89. The molecule has 0 saturated carbocycles. The van der Waals surface area contributed by atoms with Crippen molar-refractivity contribution in [3.63, 3.8) is 0 Å². The van der Waals surface area contributed by atoms with Crippen molar-refractivity contribution in [1.29, 1.82) is 0 Å². The van der Waals surface area contributed by atoms with Crippen LogP contribution in [0.5, 0.6) is 0 Å². The summed E-state index contributed by atoms with van der Waals surface area (Å²) in [5, 5.41) is 8.82. The van der Waals surface area contributed by atoms with E-state index in [0.29, 0.717) is 0 Å². The van der Waals surface area contributed by atoms with Crippen molar-refractivity contribution in [2.45, 2.75) is 32.9 Å². The smallest absolute Gasteiger partial charge is 0.134 e. The van der Waals surface area contributed by atoms with Gasteiger partial charge in [0.25, 0.3) is 0 Å². The number of unbranched alkanes of at least 4 members (excludes halogenated alkanes) is 1. The van der Waals surface area contributed by atoms with E-state index >= 15 is 0 Å². The molecule has 0 fully saturated rings. The van der Waals surface area contributed by atoms with E-state index in [1.165, 1.54) is 6.42 Å². The molecule has 3 nitrogen and oxygen atoms in total. The third kappa shape index (κ3) is 2.05. The fourth-order valence-corrected chi connectivity index (χ4v) is 1.02. The van der Waals surface area contributed by atoms with Crippen LogP contribution < -0.4 is 0 Å². The summed E-state index contributed by atoms with van der Waals surface area (Å²) in [6.45, 7) is 3.15. The Morgan fingerprint density at radius 3 is 3.09 bits per heavy atom. The van der Waals surface area contributed by atoms with Gasteiger partial charge in [0.05, 0.1) is 0 Å². The zero-order valence-corrected chi connectivity index (χ0v) is 6.82. The lowest BCUT2D eigenvalue weighted by atomic mass is 10.3. The van der Waals surface area contributed by atoms with Gasteiger partial charge in [-0.15, -0.1) is 0 Å². The molecule has 1 rings (SSSR count). The first-order chi connectivity index (χ1) is 5.38. The summed E-state index contributed by atoms with van der Waals surface area (Å²) in [5.74, 6) is 0.762. The van der Waals surface area contributed by atoms with Gasteiger partial charge in [-0.2, -0.15) is 0 Å². The van der Waals surface area contributed by atoms with E-state index in [1.54, 1.807) is 6.20 Å². The molecule has 1 aromatic heterocycles. The highest BCUT2D eigenvalue weighted by Gasteiger charge is 1.98. The first kappa shape index (κ1) is 8.27. The fourth-order valence-electron chi connectivity index (χ4n) is 1.02. The monoisotopic (exact) mass is 154 g/mol. The van der Waals surface area contributed by atoms with Crippen LogP contribution in [-0.2, 0) is 13.2 Å². The van der Waals surface area contributed by atoms with Crippen molar-refractivity contribution < 1.29 is 5.11 Å². The first-order valence-corrected chi connectivity index (χ1v) is 3.99. The number of aliphatic hydroxyl groups is 1. The number of aromatic nitrogens is 2. The van der Waals surface area contributed by atoms with E-state index in [2.05, 4.69) is 11.9 Å². The van der Waals surface area contributed by atoms with E-state index in [4.69, 9.17) is 5.11 Å². The van der Waals surface area contributed by atoms with Gasteiger partial charge in [-0.25, -0.2) is 4.98 Å². The molecule has 3 heteroatoms. The van der Waals surface area contributed by atoms with E-state index in [1.807, 2.05) is 10.8 Å². The molecule has 0 radical (unpaired) electrons. The number of nitrogens with zero attached hydrogens (tertiary/aromatic N) is 2. The second-order valence-electron chi connectivity index (χ2n) is 2.55. The van der Waals surface area contributed by atoms with Gasteiger partial charge in [0.2, 0.25) is 0 Å². The van der Waals surface area contributed by atoms with Gasteiger partial charge in [0.15, 0.2) is 0 Å². The maximum absolute atomic E-state index is 8.82. The van der Waals surface area contributed by atoms with Crippen LogP contribution in [0.4, 0.5) is 0 Å². The molecule has 0 aliphatic rings. The number of imidazole rings is 1. The Morgan fingerprint density at radius 1 is 1.64 bits per heavy atom. The maximum atomic E-state index is 8.82. The quantitative estimate of drug-likeness (QED) is 0.707. The molecule has 0 unspecified atom stereocenters. The van der Waals surface area contributed by atoms with Crippen LogP contribution in [0.15, 0.2) is 12.4 Å². The predicted molar refractivity (Wildman–Crippen MR) is 43.1 cm³/mol. The van der Waals surface area contributed by atoms with Crippen LogP contribution in [0.3, 0.4) is 0 Å². The molecule has 0 aliphatic heterocycles. The molecule has 0 aromatic carbocycles. The molecule has 0 spiro atoms. The second-order valence-corrected chi connectivity index (χ2v) is 2.55. The minimum absolute atomic E-state index is 0.0384. The van der Waals surface area contributed by atoms with Crippen molar-refractivity contribution in [3.8, 4) is 0 Å². The lowest BCUT2D eigenvalue weighted by molar-refractivity contribution is 0.264.